The topological polar surface area (TPSA) is 53.5 Å². The summed E-state index contributed by atoms with van der Waals surface area (Å²) in [5.41, 5.74) is 1.34. The summed E-state index contributed by atoms with van der Waals surface area (Å²) in [5, 5.41) is 1.90. The Kier molecular flexibility index (Phi) is 5.95. The van der Waals surface area contributed by atoms with E-state index in [9.17, 15) is 9.59 Å². The lowest BCUT2D eigenvalue weighted by molar-refractivity contribution is -0.143. The summed E-state index contributed by atoms with van der Waals surface area (Å²) in [6.07, 6.45) is 8.96. The van der Waals surface area contributed by atoms with Crippen molar-refractivity contribution in [3.8, 4) is 0 Å². The van der Waals surface area contributed by atoms with E-state index in [2.05, 4.69) is 29.3 Å². The number of hydrogen-bond donors (Lipinski definition) is 0. The van der Waals surface area contributed by atoms with Crippen LogP contribution in [0.4, 0.5) is 0 Å². The largest absolute Gasteiger partial charge is 0.338 e. The molecule has 5 nitrogen and oxygen atoms in total. The molecule has 0 atom stereocenters. The highest BCUT2D eigenvalue weighted by Gasteiger charge is 2.44. The zero-order chi connectivity index (χ0) is 22.7. The third-order valence-electron chi connectivity index (χ3n) is 7.14. The second kappa shape index (κ2) is 9.18. The smallest absolute Gasteiger partial charge is 0.273 e. The molecule has 2 aliphatic heterocycles. The highest BCUT2D eigenvalue weighted by atomic mass is 16.2. The van der Waals surface area contributed by atoms with Crippen molar-refractivity contribution >= 4 is 22.6 Å². The number of rotatable bonds is 4. The van der Waals surface area contributed by atoms with Crippen LogP contribution in [0.2, 0.25) is 0 Å². The predicted molar refractivity (Wildman–Crippen MR) is 130 cm³/mol. The molecule has 1 spiro atoms. The quantitative estimate of drug-likeness (QED) is 0.563. The van der Waals surface area contributed by atoms with Gasteiger partial charge in [-0.25, -0.2) is 0 Å². The number of carbonyl (C=O) groups is 2. The number of benzene rings is 2. The van der Waals surface area contributed by atoms with Crippen molar-refractivity contribution in [2.45, 2.75) is 25.7 Å². The normalized spacial score (nSPS) is 18.0. The summed E-state index contributed by atoms with van der Waals surface area (Å²) in [6.45, 7) is 2.54. The number of aromatic nitrogens is 1. The molecular formula is C28H29N3O2. The molecule has 0 saturated carbocycles. The Morgan fingerprint density at radius 2 is 1.70 bits per heavy atom. The van der Waals surface area contributed by atoms with Crippen LogP contribution in [-0.2, 0) is 11.2 Å². The number of fused-ring (bicyclic) bond motifs is 1. The minimum absolute atomic E-state index is 0.0424. The molecule has 5 rings (SSSR count). The number of allylic oxidation sites excluding steroid dienone is 1. The van der Waals surface area contributed by atoms with Gasteiger partial charge in [-0.3, -0.25) is 14.6 Å². The van der Waals surface area contributed by atoms with Crippen molar-refractivity contribution in [1.82, 2.24) is 14.8 Å². The maximum absolute atomic E-state index is 13.6. The first-order chi connectivity index (χ1) is 16.2. The van der Waals surface area contributed by atoms with Gasteiger partial charge in [0, 0.05) is 37.8 Å². The molecule has 3 heterocycles. The fourth-order valence-electron chi connectivity index (χ4n) is 5.11. The van der Waals surface area contributed by atoms with E-state index in [0.717, 1.165) is 30.2 Å². The highest BCUT2D eigenvalue weighted by Crippen LogP contribution is 2.39. The van der Waals surface area contributed by atoms with Crippen molar-refractivity contribution in [1.29, 1.82) is 0 Å². The number of hydrogen-bond acceptors (Lipinski definition) is 3. The van der Waals surface area contributed by atoms with Crippen molar-refractivity contribution in [3.05, 3.63) is 90.3 Å². The zero-order valence-corrected chi connectivity index (χ0v) is 18.8. The van der Waals surface area contributed by atoms with E-state index in [1.807, 2.05) is 58.3 Å². The van der Waals surface area contributed by atoms with E-state index in [4.69, 9.17) is 0 Å². The number of amides is 2. The van der Waals surface area contributed by atoms with E-state index in [1.54, 1.807) is 6.20 Å². The van der Waals surface area contributed by atoms with Gasteiger partial charge in [0.15, 0.2) is 0 Å². The molecule has 0 unspecified atom stereocenters. The van der Waals surface area contributed by atoms with Gasteiger partial charge in [-0.1, -0.05) is 66.7 Å². The van der Waals surface area contributed by atoms with Gasteiger partial charge in [-0.15, -0.1) is 0 Å². The Bertz CT molecular complexity index is 1170. The molecule has 0 aliphatic carbocycles. The molecule has 0 radical (unpaired) electrons. The lowest BCUT2D eigenvalue weighted by atomic mass is 9.74. The van der Waals surface area contributed by atoms with E-state index < -0.39 is 5.41 Å². The number of piperidine rings is 1. The summed E-state index contributed by atoms with van der Waals surface area (Å²) in [5.74, 6) is 0.193. The summed E-state index contributed by atoms with van der Waals surface area (Å²) in [6, 6.07) is 20.1. The van der Waals surface area contributed by atoms with E-state index >= 15 is 0 Å². The number of likely N-dealkylation sites (tertiary alicyclic amines) is 1. The molecule has 2 aliphatic rings. The van der Waals surface area contributed by atoms with Gasteiger partial charge in [-0.2, -0.15) is 0 Å². The number of carbonyl (C=O) groups excluding carboxylic acids is 2. The van der Waals surface area contributed by atoms with Gasteiger partial charge >= 0.3 is 0 Å². The highest BCUT2D eigenvalue weighted by molar-refractivity contribution is 6.05. The van der Waals surface area contributed by atoms with Gasteiger partial charge in [-0.05, 0) is 42.7 Å². The van der Waals surface area contributed by atoms with Crippen molar-refractivity contribution < 1.29 is 9.59 Å². The lowest BCUT2D eigenvalue weighted by Gasteiger charge is -2.42. The van der Waals surface area contributed by atoms with Crippen LogP contribution in [0.1, 0.15) is 35.3 Å². The van der Waals surface area contributed by atoms with Crippen LogP contribution in [0.3, 0.4) is 0 Å². The summed E-state index contributed by atoms with van der Waals surface area (Å²) in [7, 11) is 0. The first-order valence-corrected chi connectivity index (χ1v) is 11.8. The van der Waals surface area contributed by atoms with Crippen LogP contribution in [0.15, 0.2) is 79.0 Å². The Morgan fingerprint density at radius 1 is 0.939 bits per heavy atom. The minimum Gasteiger partial charge on any atom is -0.338 e. The fourth-order valence-corrected chi connectivity index (χ4v) is 5.11. The van der Waals surface area contributed by atoms with Crippen LogP contribution in [0.5, 0.6) is 0 Å². The maximum atomic E-state index is 13.6. The Balaban J connectivity index is 1.28. The van der Waals surface area contributed by atoms with Crippen LogP contribution in [0, 0.1) is 5.41 Å². The van der Waals surface area contributed by atoms with Gasteiger partial charge in [0.1, 0.15) is 5.69 Å². The van der Waals surface area contributed by atoms with Crippen LogP contribution in [0.25, 0.3) is 10.8 Å². The second-order valence-corrected chi connectivity index (χ2v) is 9.12. The summed E-state index contributed by atoms with van der Waals surface area (Å²) < 4.78 is 0. The van der Waals surface area contributed by atoms with Crippen molar-refractivity contribution in [2.75, 3.05) is 26.2 Å². The third kappa shape index (κ3) is 4.28. The van der Waals surface area contributed by atoms with Gasteiger partial charge in [0.25, 0.3) is 5.91 Å². The van der Waals surface area contributed by atoms with Crippen LogP contribution >= 0.6 is 0 Å². The molecule has 1 aromatic heterocycles. The third-order valence-corrected chi connectivity index (χ3v) is 7.14. The molecule has 0 bridgehead atoms. The number of pyridine rings is 1. The average molecular weight is 440 g/mol. The SMILES string of the molecule is O=C(c1nccc2ccccc12)N1CCC2(CC=CCN(CCc3ccccc3)C2=O)CC1. The fraction of sp³-hybridized carbons (Fsp3) is 0.321. The van der Waals surface area contributed by atoms with Gasteiger partial charge in [0.2, 0.25) is 5.91 Å². The monoisotopic (exact) mass is 439 g/mol. The number of nitrogens with zero attached hydrogens (tertiary/aromatic N) is 3. The molecule has 3 aromatic rings. The molecule has 2 aromatic carbocycles. The van der Waals surface area contributed by atoms with E-state index in [1.165, 1.54) is 5.56 Å². The summed E-state index contributed by atoms with van der Waals surface area (Å²) in [4.78, 5) is 35.2. The van der Waals surface area contributed by atoms with E-state index in [-0.39, 0.29) is 11.8 Å². The first kappa shape index (κ1) is 21.4. The lowest BCUT2D eigenvalue weighted by Crippen LogP contribution is -2.51. The molecule has 1 saturated heterocycles. The standard InChI is InChI=1S/C28H29N3O2/c32-26(25-24-11-5-4-10-23(24)12-17-29-25)30-20-15-28(16-21-30)14-6-7-18-31(27(28)33)19-13-22-8-2-1-3-9-22/h1-12,17H,13-16,18-21H2. The Morgan fingerprint density at radius 3 is 2.52 bits per heavy atom. The average Bonchev–Trinajstić information content (AvgIpc) is 3.02. The molecule has 168 valence electrons. The molecular weight excluding hydrogens is 410 g/mol. The molecule has 33 heavy (non-hydrogen) atoms. The van der Waals surface area contributed by atoms with Gasteiger partial charge < -0.3 is 9.80 Å². The van der Waals surface area contributed by atoms with Crippen molar-refractivity contribution in [3.63, 3.8) is 0 Å². The minimum atomic E-state index is -0.410. The second-order valence-electron chi connectivity index (χ2n) is 9.12. The van der Waals surface area contributed by atoms with Crippen molar-refractivity contribution in [2.24, 2.45) is 5.41 Å². The van der Waals surface area contributed by atoms with Crippen LogP contribution in [-0.4, -0.2) is 52.8 Å². The molecule has 5 heteroatoms. The van der Waals surface area contributed by atoms with Gasteiger partial charge in [0.05, 0.1) is 5.41 Å². The Labute approximate surface area is 194 Å². The molecule has 2 amide bonds. The maximum Gasteiger partial charge on any atom is 0.273 e. The summed E-state index contributed by atoms with van der Waals surface area (Å²) >= 11 is 0. The van der Waals surface area contributed by atoms with Crippen LogP contribution < -0.4 is 0 Å². The first-order valence-electron chi connectivity index (χ1n) is 11.8. The predicted octanol–water partition coefficient (Wildman–Crippen LogP) is 4.49. The van der Waals surface area contributed by atoms with E-state index in [0.29, 0.717) is 38.2 Å². The Hall–Kier alpha value is -3.47. The molecule has 1 fully saturated rings. The molecule has 0 N–H and O–H groups in total. The zero-order valence-electron chi connectivity index (χ0n) is 18.8.